The molecule has 0 heterocycles. The molecular weight excluding hydrogens is 146 g/mol. The van der Waals surface area contributed by atoms with Crippen molar-refractivity contribution in [1.29, 1.82) is 0 Å². The van der Waals surface area contributed by atoms with Crippen LogP contribution in [0.1, 0.15) is 40.0 Å². The Balaban J connectivity index is 3.97. The van der Waals surface area contributed by atoms with Crippen molar-refractivity contribution in [3.05, 3.63) is 0 Å². The van der Waals surface area contributed by atoms with E-state index in [1.807, 2.05) is 0 Å². The summed E-state index contributed by atoms with van der Waals surface area (Å²) < 4.78 is 0. The van der Waals surface area contributed by atoms with E-state index in [1.54, 1.807) is 0 Å². The van der Waals surface area contributed by atoms with Crippen molar-refractivity contribution in [2.45, 2.75) is 46.1 Å². The molecule has 12 heavy (non-hydrogen) atoms. The van der Waals surface area contributed by atoms with Gasteiger partial charge in [0, 0.05) is 12.5 Å². The van der Waals surface area contributed by atoms with Gasteiger partial charge in [-0.1, -0.05) is 33.6 Å². The predicted molar refractivity (Wildman–Crippen MR) is 55.0 cm³/mol. The van der Waals surface area contributed by atoms with Gasteiger partial charge in [-0.15, -0.1) is 12.3 Å². The number of terminal acetylenes is 1. The smallest absolute Gasteiger partial charge is 0.0243 e. The largest absolute Gasteiger partial charge is 0.313 e. The number of hydrogen-bond donors (Lipinski definition) is 1. The van der Waals surface area contributed by atoms with Gasteiger partial charge in [0.15, 0.2) is 0 Å². The normalized spacial score (nSPS) is 12.9. The molecule has 0 fully saturated rings. The van der Waals surface area contributed by atoms with Gasteiger partial charge in [0.25, 0.3) is 0 Å². The molecule has 0 aromatic carbocycles. The third-order valence-electron chi connectivity index (χ3n) is 2.42. The zero-order valence-electron chi connectivity index (χ0n) is 8.56. The van der Waals surface area contributed by atoms with E-state index in [2.05, 4.69) is 32.0 Å². The highest BCUT2D eigenvalue weighted by Crippen LogP contribution is 2.15. The molecule has 0 radical (unpaired) electrons. The summed E-state index contributed by atoms with van der Waals surface area (Å²) in [6, 6.07) is 0.523. The lowest BCUT2D eigenvalue weighted by Crippen LogP contribution is -2.35. The average Bonchev–Trinajstić information content (AvgIpc) is 2.07. The molecule has 70 valence electrons. The Bertz CT molecular complexity index is 130. The van der Waals surface area contributed by atoms with Gasteiger partial charge in [0.05, 0.1) is 0 Å². The van der Waals surface area contributed by atoms with E-state index >= 15 is 0 Å². The van der Waals surface area contributed by atoms with Crippen LogP contribution in [0.3, 0.4) is 0 Å². The first-order valence-electron chi connectivity index (χ1n) is 4.96. The van der Waals surface area contributed by atoms with Crippen LogP contribution in [0.15, 0.2) is 0 Å². The second-order valence-electron chi connectivity index (χ2n) is 3.15. The molecule has 0 bridgehead atoms. The molecule has 0 aliphatic rings. The molecule has 0 aliphatic heterocycles. The Kier molecular flexibility index (Phi) is 6.90. The van der Waals surface area contributed by atoms with Crippen LogP contribution in [0.4, 0.5) is 0 Å². The Morgan fingerprint density at radius 3 is 2.17 bits per heavy atom. The van der Waals surface area contributed by atoms with Gasteiger partial charge in [-0.25, -0.2) is 0 Å². The zero-order chi connectivity index (χ0) is 9.40. The lowest BCUT2D eigenvalue weighted by atomic mass is 9.92. The molecule has 0 saturated carbocycles. The minimum atomic E-state index is 0.523. The van der Waals surface area contributed by atoms with Crippen LogP contribution >= 0.6 is 0 Å². The second kappa shape index (κ2) is 7.18. The molecule has 0 aromatic heterocycles. The van der Waals surface area contributed by atoms with Gasteiger partial charge < -0.3 is 5.32 Å². The van der Waals surface area contributed by atoms with Crippen molar-refractivity contribution < 1.29 is 0 Å². The molecule has 0 saturated heterocycles. The molecule has 1 N–H and O–H groups in total. The summed E-state index contributed by atoms with van der Waals surface area (Å²) in [6.07, 6.45) is 8.61. The quantitative estimate of drug-likeness (QED) is 0.599. The highest BCUT2D eigenvalue weighted by Gasteiger charge is 2.15. The Hall–Kier alpha value is -0.480. The molecule has 0 amide bonds. The summed E-state index contributed by atoms with van der Waals surface area (Å²) in [4.78, 5) is 0. The van der Waals surface area contributed by atoms with Crippen molar-refractivity contribution in [3.8, 4) is 12.3 Å². The third-order valence-corrected chi connectivity index (χ3v) is 2.42. The molecule has 0 rings (SSSR count). The summed E-state index contributed by atoms with van der Waals surface area (Å²) in [5.74, 6) is 3.48. The molecule has 1 atom stereocenters. The summed E-state index contributed by atoms with van der Waals surface area (Å²) in [6.45, 7) is 7.61. The summed E-state index contributed by atoms with van der Waals surface area (Å²) in [5.41, 5.74) is 0. The third kappa shape index (κ3) is 3.78. The van der Waals surface area contributed by atoms with Gasteiger partial charge in [-0.3, -0.25) is 0 Å². The number of nitrogens with one attached hydrogen (secondary N) is 1. The number of hydrogen-bond acceptors (Lipinski definition) is 1. The fraction of sp³-hybridized carbons (Fsp3) is 0.818. The Labute approximate surface area is 76.9 Å². The van der Waals surface area contributed by atoms with Gasteiger partial charge in [-0.2, -0.15) is 0 Å². The summed E-state index contributed by atoms with van der Waals surface area (Å²) in [5, 5.41) is 3.44. The van der Waals surface area contributed by atoms with E-state index < -0.39 is 0 Å². The van der Waals surface area contributed by atoms with Crippen molar-refractivity contribution in [1.82, 2.24) is 5.32 Å². The minimum Gasteiger partial charge on any atom is -0.313 e. The molecular formula is C11H21N. The van der Waals surface area contributed by atoms with Crippen LogP contribution in [-0.2, 0) is 0 Å². The van der Waals surface area contributed by atoms with E-state index in [4.69, 9.17) is 6.42 Å². The van der Waals surface area contributed by atoms with E-state index in [1.165, 1.54) is 12.8 Å². The molecule has 1 unspecified atom stereocenters. The maximum atomic E-state index is 5.32. The average molecular weight is 167 g/mol. The van der Waals surface area contributed by atoms with Gasteiger partial charge in [0.1, 0.15) is 0 Å². The minimum absolute atomic E-state index is 0.523. The first-order valence-corrected chi connectivity index (χ1v) is 4.96. The van der Waals surface area contributed by atoms with E-state index in [0.29, 0.717) is 6.04 Å². The second-order valence-corrected chi connectivity index (χ2v) is 3.15. The van der Waals surface area contributed by atoms with Gasteiger partial charge in [0.2, 0.25) is 0 Å². The highest BCUT2D eigenvalue weighted by molar-refractivity contribution is 4.91. The van der Waals surface area contributed by atoms with Crippen LogP contribution in [0, 0.1) is 18.3 Å². The van der Waals surface area contributed by atoms with Gasteiger partial charge >= 0.3 is 0 Å². The summed E-state index contributed by atoms with van der Waals surface area (Å²) >= 11 is 0. The van der Waals surface area contributed by atoms with Crippen LogP contribution in [0.5, 0.6) is 0 Å². The van der Waals surface area contributed by atoms with Crippen molar-refractivity contribution in [3.63, 3.8) is 0 Å². The first-order chi connectivity index (χ1) is 5.79. The van der Waals surface area contributed by atoms with Gasteiger partial charge in [-0.05, 0) is 12.5 Å². The first kappa shape index (κ1) is 11.5. The lowest BCUT2D eigenvalue weighted by Gasteiger charge is -2.24. The molecule has 0 aliphatic carbocycles. The van der Waals surface area contributed by atoms with Crippen molar-refractivity contribution >= 4 is 0 Å². The Morgan fingerprint density at radius 1 is 1.25 bits per heavy atom. The molecule has 0 aromatic rings. The van der Waals surface area contributed by atoms with Crippen LogP contribution in [0.25, 0.3) is 0 Å². The maximum Gasteiger partial charge on any atom is 0.0243 e. The van der Waals surface area contributed by atoms with Crippen molar-refractivity contribution in [2.75, 3.05) is 6.54 Å². The lowest BCUT2D eigenvalue weighted by molar-refractivity contribution is 0.343. The monoisotopic (exact) mass is 167 g/mol. The molecule has 1 heteroatoms. The van der Waals surface area contributed by atoms with Crippen LogP contribution in [0.2, 0.25) is 0 Å². The number of rotatable bonds is 6. The SMILES string of the molecule is C#CCC(NCC)C(CC)CC. The van der Waals surface area contributed by atoms with E-state index in [0.717, 1.165) is 18.9 Å². The highest BCUT2D eigenvalue weighted by atomic mass is 14.9. The van der Waals surface area contributed by atoms with Crippen LogP contribution < -0.4 is 5.32 Å². The zero-order valence-corrected chi connectivity index (χ0v) is 8.56. The summed E-state index contributed by atoms with van der Waals surface area (Å²) in [7, 11) is 0. The molecule has 1 nitrogen and oxygen atoms in total. The standard InChI is InChI=1S/C11H21N/c1-5-9-11(12-8-4)10(6-2)7-3/h1,10-12H,6-9H2,2-4H3. The fourth-order valence-electron chi connectivity index (χ4n) is 1.65. The predicted octanol–water partition coefficient (Wildman–Crippen LogP) is 2.42. The van der Waals surface area contributed by atoms with E-state index in [-0.39, 0.29) is 0 Å². The fourth-order valence-corrected chi connectivity index (χ4v) is 1.65. The van der Waals surface area contributed by atoms with Crippen LogP contribution in [-0.4, -0.2) is 12.6 Å². The van der Waals surface area contributed by atoms with E-state index in [9.17, 15) is 0 Å². The molecule has 0 spiro atoms. The maximum absolute atomic E-state index is 5.32. The van der Waals surface area contributed by atoms with Crippen molar-refractivity contribution in [2.24, 2.45) is 5.92 Å². The Morgan fingerprint density at radius 2 is 1.83 bits per heavy atom. The topological polar surface area (TPSA) is 12.0 Å².